The van der Waals surface area contributed by atoms with Gasteiger partial charge in [0.25, 0.3) is 0 Å². The Kier molecular flexibility index (Phi) is 6.66. The van der Waals surface area contributed by atoms with Crippen molar-refractivity contribution >= 4 is 7.92 Å². The van der Waals surface area contributed by atoms with Gasteiger partial charge in [-0.05, 0) is 60.9 Å². The summed E-state index contributed by atoms with van der Waals surface area (Å²) < 4.78 is 0. The molecular formula is C17H35P. The molecule has 1 heteroatoms. The summed E-state index contributed by atoms with van der Waals surface area (Å²) in [5.41, 5.74) is 0. The molecule has 1 fully saturated rings. The molecule has 0 amide bonds. The van der Waals surface area contributed by atoms with Crippen LogP contribution in [0.3, 0.4) is 0 Å². The monoisotopic (exact) mass is 270 g/mol. The first kappa shape index (κ1) is 16.5. The predicted octanol–water partition coefficient (Wildman–Crippen LogP) is 6.14. The second-order valence-electron chi connectivity index (χ2n) is 7.72. The maximum Gasteiger partial charge on any atom is -0.00894 e. The third-order valence-electron chi connectivity index (χ3n) is 4.15. The Bertz CT molecular complexity index is 220. The van der Waals surface area contributed by atoms with Gasteiger partial charge in [-0.1, -0.05) is 48.0 Å². The molecule has 0 nitrogen and oxygen atoms in total. The van der Waals surface area contributed by atoms with Gasteiger partial charge in [-0.25, -0.2) is 0 Å². The normalized spacial score (nSPS) is 24.2. The zero-order valence-electron chi connectivity index (χ0n) is 13.6. The van der Waals surface area contributed by atoms with Crippen LogP contribution in [0.15, 0.2) is 0 Å². The molecule has 18 heavy (non-hydrogen) atoms. The molecule has 0 radical (unpaired) electrons. The van der Waals surface area contributed by atoms with E-state index in [1.807, 2.05) is 0 Å². The van der Waals surface area contributed by atoms with Gasteiger partial charge in [0.1, 0.15) is 0 Å². The molecule has 1 atom stereocenters. The van der Waals surface area contributed by atoms with Gasteiger partial charge in [0.2, 0.25) is 0 Å². The Morgan fingerprint density at radius 3 is 1.83 bits per heavy atom. The SMILES string of the molecule is CC(C)CP1CCCCC1(CC(C)C)CC(C)C. The van der Waals surface area contributed by atoms with E-state index >= 15 is 0 Å². The summed E-state index contributed by atoms with van der Waals surface area (Å²) in [5, 5.41) is 0.736. The van der Waals surface area contributed by atoms with E-state index in [4.69, 9.17) is 0 Å². The van der Waals surface area contributed by atoms with Gasteiger partial charge < -0.3 is 0 Å². The van der Waals surface area contributed by atoms with Gasteiger partial charge >= 0.3 is 0 Å². The zero-order chi connectivity index (χ0) is 13.8. The minimum atomic E-state index is 0.276. The first-order valence-electron chi connectivity index (χ1n) is 8.11. The minimum Gasteiger partial charge on any atom is -0.100 e. The van der Waals surface area contributed by atoms with Gasteiger partial charge in [0.15, 0.2) is 0 Å². The quantitative estimate of drug-likeness (QED) is 0.509. The molecule has 0 aromatic carbocycles. The summed E-state index contributed by atoms with van der Waals surface area (Å²) in [4.78, 5) is 0. The average molecular weight is 270 g/mol. The maximum atomic E-state index is 2.43. The highest BCUT2D eigenvalue weighted by Gasteiger charge is 2.40. The third kappa shape index (κ3) is 4.84. The lowest BCUT2D eigenvalue weighted by Crippen LogP contribution is -2.35. The summed E-state index contributed by atoms with van der Waals surface area (Å²) in [6, 6.07) is 0. The van der Waals surface area contributed by atoms with E-state index in [-0.39, 0.29) is 7.92 Å². The van der Waals surface area contributed by atoms with E-state index in [0.717, 1.165) is 22.9 Å². The van der Waals surface area contributed by atoms with Gasteiger partial charge in [-0.3, -0.25) is 0 Å². The molecule has 0 aromatic rings. The molecule has 0 bridgehead atoms. The molecule has 1 aliphatic heterocycles. The summed E-state index contributed by atoms with van der Waals surface area (Å²) in [6.07, 6.45) is 10.6. The molecular weight excluding hydrogens is 235 g/mol. The maximum absolute atomic E-state index is 2.43. The lowest BCUT2D eigenvalue weighted by molar-refractivity contribution is 0.338. The van der Waals surface area contributed by atoms with Crippen molar-refractivity contribution in [2.75, 3.05) is 12.3 Å². The second-order valence-corrected chi connectivity index (χ2v) is 10.6. The Hall–Kier alpha value is 0.430. The van der Waals surface area contributed by atoms with E-state index in [0.29, 0.717) is 0 Å². The molecule has 1 saturated heterocycles. The van der Waals surface area contributed by atoms with Crippen LogP contribution < -0.4 is 0 Å². The molecule has 0 aliphatic carbocycles. The molecule has 1 unspecified atom stereocenters. The lowest BCUT2D eigenvalue weighted by Gasteiger charge is -2.48. The predicted molar refractivity (Wildman–Crippen MR) is 87.0 cm³/mol. The van der Waals surface area contributed by atoms with Crippen LogP contribution in [0.2, 0.25) is 0 Å². The van der Waals surface area contributed by atoms with Gasteiger partial charge in [-0.2, -0.15) is 0 Å². The third-order valence-corrected chi connectivity index (χ3v) is 8.11. The van der Waals surface area contributed by atoms with Crippen LogP contribution in [-0.4, -0.2) is 17.5 Å². The Labute approximate surface area is 117 Å². The number of hydrogen-bond acceptors (Lipinski definition) is 0. The molecule has 1 heterocycles. The summed E-state index contributed by atoms with van der Waals surface area (Å²) in [7, 11) is 0.276. The van der Waals surface area contributed by atoms with Crippen LogP contribution in [0.1, 0.15) is 73.6 Å². The standard InChI is InChI=1S/C17H35P/c1-14(2)11-17(12-15(3)4)9-7-8-10-18(17)13-16(5)6/h14-16H,7-13H2,1-6H3. The van der Waals surface area contributed by atoms with Crippen molar-refractivity contribution in [2.24, 2.45) is 17.8 Å². The van der Waals surface area contributed by atoms with Gasteiger partial charge in [-0.15, -0.1) is 7.92 Å². The van der Waals surface area contributed by atoms with Gasteiger partial charge in [0, 0.05) is 0 Å². The van der Waals surface area contributed by atoms with Crippen LogP contribution in [0.25, 0.3) is 0 Å². The van der Waals surface area contributed by atoms with Crippen LogP contribution in [0, 0.1) is 17.8 Å². The van der Waals surface area contributed by atoms with Crippen molar-refractivity contribution in [2.45, 2.75) is 78.8 Å². The molecule has 1 rings (SSSR count). The largest absolute Gasteiger partial charge is 0.100 e. The average Bonchev–Trinajstić information content (AvgIpc) is 2.18. The topological polar surface area (TPSA) is 0 Å². The Morgan fingerprint density at radius 1 is 0.833 bits per heavy atom. The highest BCUT2D eigenvalue weighted by molar-refractivity contribution is 7.59. The van der Waals surface area contributed by atoms with E-state index in [1.54, 1.807) is 6.16 Å². The van der Waals surface area contributed by atoms with E-state index in [2.05, 4.69) is 41.5 Å². The van der Waals surface area contributed by atoms with Crippen LogP contribution in [0.4, 0.5) is 0 Å². The van der Waals surface area contributed by atoms with Crippen molar-refractivity contribution in [3.05, 3.63) is 0 Å². The molecule has 0 N–H and O–H groups in total. The fourth-order valence-corrected chi connectivity index (χ4v) is 8.20. The molecule has 108 valence electrons. The summed E-state index contributed by atoms with van der Waals surface area (Å²) in [5.74, 6) is 2.64. The Balaban J connectivity index is 2.85. The van der Waals surface area contributed by atoms with E-state index < -0.39 is 0 Å². The lowest BCUT2D eigenvalue weighted by atomic mass is 9.84. The summed E-state index contributed by atoms with van der Waals surface area (Å²) in [6.45, 7) is 14.6. The number of rotatable bonds is 6. The second kappa shape index (κ2) is 7.28. The van der Waals surface area contributed by atoms with Crippen molar-refractivity contribution < 1.29 is 0 Å². The van der Waals surface area contributed by atoms with Gasteiger partial charge in [0.05, 0.1) is 0 Å². The highest BCUT2D eigenvalue weighted by atomic mass is 31.1. The minimum absolute atomic E-state index is 0.276. The van der Waals surface area contributed by atoms with E-state index in [1.165, 1.54) is 38.3 Å². The van der Waals surface area contributed by atoms with Crippen molar-refractivity contribution in [1.29, 1.82) is 0 Å². The molecule has 0 aromatic heterocycles. The van der Waals surface area contributed by atoms with Crippen LogP contribution >= 0.6 is 7.92 Å². The van der Waals surface area contributed by atoms with Crippen molar-refractivity contribution in [1.82, 2.24) is 0 Å². The molecule has 0 spiro atoms. The fraction of sp³-hybridized carbons (Fsp3) is 1.00. The molecule has 0 saturated carbocycles. The van der Waals surface area contributed by atoms with Crippen LogP contribution in [-0.2, 0) is 0 Å². The zero-order valence-corrected chi connectivity index (χ0v) is 14.5. The van der Waals surface area contributed by atoms with Crippen LogP contribution in [0.5, 0.6) is 0 Å². The Morgan fingerprint density at radius 2 is 1.39 bits per heavy atom. The van der Waals surface area contributed by atoms with E-state index in [9.17, 15) is 0 Å². The first-order chi connectivity index (χ1) is 8.35. The van der Waals surface area contributed by atoms with Crippen molar-refractivity contribution in [3.8, 4) is 0 Å². The fourth-order valence-electron chi connectivity index (χ4n) is 3.94. The highest BCUT2D eigenvalue weighted by Crippen LogP contribution is 2.62. The number of hydrogen-bond donors (Lipinski definition) is 0. The smallest absolute Gasteiger partial charge is 0.00894 e. The van der Waals surface area contributed by atoms with Crippen molar-refractivity contribution in [3.63, 3.8) is 0 Å². The molecule has 1 aliphatic rings. The first-order valence-corrected chi connectivity index (χ1v) is 9.82. The summed E-state index contributed by atoms with van der Waals surface area (Å²) >= 11 is 0.